The lowest BCUT2D eigenvalue weighted by Crippen LogP contribution is -2.49. The first kappa shape index (κ1) is 17.8. The van der Waals surface area contributed by atoms with Crippen LogP contribution in [0.25, 0.3) is 10.9 Å². The zero-order valence-corrected chi connectivity index (χ0v) is 13.7. The van der Waals surface area contributed by atoms with Gasteiger partial charge in [0.15, 0.2) is 5.41 Å². The highest BCUT2D eigenvalue weighted by Crippen LogP contribution is 2.47. The van der Waals surface area contributed by atoms with Crippen molar-refractivity contribution in [2.24, 2.45) is 0 Å². The summed E-state index contributed by atoms with van der Waals surface area (Å²) in [4.78, 5) is 13.0. The van der Waals surface area contributed by atoms with Crippen LogP contribution < -0.4 is 4.74 Å². The van der Waals surface area contributed by atoms with Crippen molar-refractivity contribution >= 4 is 10.9 Å². The van der Waals surface area contributed by atoms with Crippen LogP contribution in [-0.4, -0.2) is 29.7 Å². The van der Waals surface area contributed by atoms with E-state index in [1.54, 1.807) is 24.3 Å². The molecule has 0 fully saturated rings. The van der Waals surface area contributed by atoms with Gasteiger partial charge in [-0.15, -0.1) is 0 Å². The topological polar surface area (TPSA) is 68.2 Å². The predicted octanol–water partition coefficient (Wildman–Crippen LogP) is 4.30. The highest BCUT2D eigenvalue weighted by atomic mass is 19.4. The van der Waals surface area contributed by atoms with E-state index in [0.29, 0.717) is 16.7 Å². The standard InChI is InChI=1S/C18H15F3N2O3/c1-26-14-8-6-13(7-9-14)17(11-23(24)25,18(19,20)21)16-10-12-4-2-3-5-15(12)22-16/h2-10,22H,11H2,1H3. The Bertz CT molecular complexity index is 902. The minimum absolute atomic E-state index is 0.228. The van der Waals surface area contributed by atoms with Crippen molar-refractivity contribution < 1.29 is 22.8 Å². The van der Waals surface area contributed by atoms with Crippen molar-refractivity contribution in [2.45, 2.75) is 11.6 Å². The van der Waals surface area contributed by atoms with Gasteiger partial charge in [-0.3, -0.25) is 10.1 Å². The van der Waals surface area contributed by atoms with Crippen LogP contribution in [0.1, 0.15) is 11.3 Å². The molecule has 0 radical (unpaired) electrons. The van der Waals surface area contributed by atoms with Crippen LogP contribution in [0.4, 0.5) is 13.2 Å². The third kappa shape index (κ3) is 2.87. The van der Waals surface area contributed by atoms with E-state index in [-0.39, 0.29) is 11.3 Å². The lowest BCUT2D eigenvalue weighted by Gasteiger charge is -2.32. The Balaban J connectivity index is 2.30. The maximum Gasteiger partial charge on any atom is 0.410 e. The van der Waals surface area contributed by atoms with Gasteiger partial charge in [-0.05, 0) is 35.2 Å². The minimum Gasteiger partial charge on any atom is -0.497 e. The number of benzene rings is 2. The van der Waals surface area contributed by atoms with Crippen molar-refractivity contribution in [3.05, 3.63) is 76.0 Å². The number of methoxy groups -OCH3 is 1. The summed E-state index contributed by atoms with van der Waals surface area (Å²) in [7, 11) is 1.39. The molecule has 2 aromatic carbocycles. The number of fused-ring (bicyclic) bond motifs is 1. The number of hydrogen-bond acceptors (Lipinski definition) is 3. The molecule has 1 N–H and O–H groups in total. The SMILES string of the molecule is COc1ccc(C(C[N+](=O)[O-])(c2cc3ccccc3[nH]2)C(F)(F)F)cc1. The number of aromatic nitrogens is 1. The first-order chi connectivity index (χ1) is 12.3. The molecular formula is C18H15F3N2O3. The minimum atomic E-state index is -4.89. The molecule has 1 heterocycles. The van der Waals surface area contributed by atoms with Crippen molar-refractivity contribution in [3.63, 3.8) is 0 Å². The zero-order valence-electron chi connectivity index (χ0n) is 13.7. The highest BCUT2D eigenvalue weighted by molar-refractivity contribution is 5.81. The molecule has 0 saturated heterocycles. The Hall–Kier alpha value is -3.03. The maximum atomic E-state index is 14.3. The molecule has 0 aliphatic carbocycles. The van der Waals surface area contributed by atoms with Gasteiger partial charge in [0, 0.05) is 16.1 Å². The molecule has 26 heavy (non-hydrogen) atoms. The average Bonchev–Trinajstić information content (AvgIpc) is 3.02. The average molecular weight is 364 g/mol. The summed E-state index contributed by atoms with van der Waals surface area (Å²) in [5, 5.41) is 11.8. The van der Waals surface area contributed by atoms with Gasteiger partial charge < -0.3 is 9.72 Å². The summed E-state index contributed by atoms with van der Waals surface area (Å²) in [6.07, 6.45) is -4.89. The number of para-hydroxylation sites is 1. The lowest BCUT2D eigenvalue weighted by atomic mass is 9.76. The number of ether oxygens (including phenoxy) is 1. The Morgan fingerprint density at radius 2 is 1.77 bits per heavy atom. The summed E-state index contributed by atoms with van der Waals surface area (Å²) in [5.41, 5.74) is -2.82. The fourth-order valence-corrected chi connectivity index (χ4v) is 3.11. The molecule has 1 aromatic heterocycles. The smallest absolute Gasteiger partial charge is 0.410 e. The molecule has 0 amide bonds. The summed E-state index contributed by atoms with van der Waals surface area (Å²) >= 11 is 0. The molecule has 136 valence electrons. The number of rotatable bonds is 5. The quantitative estimate of drug-likeness (QED) is 0.542. The van der Waals surface area contributed by atoms with Crippen LogP contribution in [0.3, 0.4) is 0 Å². The van der Waals surface area contributed by atoms with E-state index in [1.807, 2.05) is 0 Å². The van der Waals surface area contributed by atoms with Gasteiger partial charge in [0.1, 0.15) is 5.75 Å². The normalized spacial score (nSPS) is 14.2. The van der Waals surface area contributed by atoms with E-state index < -0.39 is 23.1 Å². The van der Waals surface area contributed by atoms with Gasteiger partial charge in [-0.25, -0.2) is 0 Å². The van der Waals surface area contributed by atoms with Gasteiger partial charge in [-0.1, -0.05) is 30.3 Å². The lowest BCUT2D eigenvalue weighted by molar-refractivity contribution is -0.498. The monoisotopic (exact) mass is 364 g/mol. The fraction of sp³-hybridized carbons (Fsp3) is 0.222. The van der Waals surface area contributed by atoms with Gasteiger partial charge >= 0.3 is 6.18 Å². The number of aromatic amines is 1. The molecule has 8 heteroatoms. The largest absolute Gasteiger partial charge is 0.497 e. The van der Waals surface area contributed by atoms with Crippen molar-refractivity contribution in [1.82, 2.24) is 4.98 Å². The van der Waals surface area contributed by atoms with E-state index in [2.05, 4.69) is 4.98 Å². The number of H-pyrrole nitrogens is 1. The maximum absolute atomic E-state index is 14.3. The van der Waals surface area contributed by atoms with Gasteiger partial charge in [0.2, 0.25) is 6.54 Å². The Morgan fingerprint density at radius 3 is 2.31 bits per heavy atom. The summed E-state index contributed by atoms with van der Waals surface area (Å²) < 4.78 is 47.8. The van der Waals surface area contributed by atoms with Gasteiger partial charge in [0.25, 0.3) is 0 Å². The number of alkyl halides is 3. The van der Waals surface area contributed by atoms with Crippen molar-refractivity contribution in [1.29, 1.82) is 0 Å². The molecular weight excluding hydrogens is 349 g/mol. The molecule has 1 unspecified atom stereocenters. The van der Waals surface area contributed by atoms with E-state index in [0.717, 1.165) is 0 Å². The zero-order chi connectivity index (χ0) is 18.9. The molecule has 3 rings (SSSR count). The highest BCUT2D eigenvalue weighted by Gasteiger charge is 2.61. The summed E-state index contributed by atoms with van der Waals surface area (Å²) in [5.74, 6) is 0.363. The fourth-order valence-electron chi connectivity index (χ4n) is 3.11. The van der Waals surface area contributed by atoms with E-state index in [9.17, 15) is 23.3 Å². The molecule has 5 nitrogen and oxygen atoms in total. The van der Waals surface area contributed by atoms with E-state index >= 15 is 0 Å². The van der Waals surface area contributed by atoms with Crippen LogP contribution >= 0.6 is 0 Å². The van der Waals surface area contributed by atoms with Crippen LogP contribution in [0.5, 0.6) is 5.75 Å². The molecule has 3 aromatic rings. The van der Waals surface area contributed by atoms with Gasteiger partial charge in [0.05, 0.1) is 7.11 Å². The molecule has 1 atom stereocenters. The second-order valence-electron chi connectivity index (χ2n) is 5.89. The number of hydrogen-bond donors (Lipinski definition) is 1. The molecule has 0 aliphatic rings. The van der Waals surface area contributed by atoms with Crippen LogP contribution in [0, 0.1) is 10.1 Å². The van der Waals surface area contributed by atoms with Crippen LogP contribution in [0.15, 0.2) is 54.6 Å². The summed E-state index contributed by atoms with van der Waals surface area (Å²) in [6, 6.07) is 13.1. The predicted molar refractivity (Wildman–Crippen MR) is 90.0 cm³/mol. The first-order valence-corrected chi connectivity index (χ1v) is 7.69. The second kappa shape index (κ2) is 6.36. The molecule has 0 aliphatic heterocycles. The van der Waals surface area contributed by atoms with E-state index in [4.69, 9.17) is 4.74 Å². The molecule has 0 saturated carbocycles. The Kier molecular flexibility index (Phi) is 4.35. The molecule has 0 spiro atoms. The van der Waals surface area contributed by atoms with Crippen molar-refractivity contribution in [3.8, 4) is 5.75 Å². The summed E-state index contributed by atoms with van der Waals surface area (Å²) in [6.45, 7) is -1.32. The van der Waals surface area contributed by atoms with E-state index in [1.165, 1.54) is 37.4 Å². The first-order valence-electron chi connectivity index (χ1n) is 7.69. The second-order valence-corrected chi connectivity index (χ2v) is 5.89. The van der Waals surface area contributed by atoms with Crippen LogP contribution in [-0.2, 0) is 5.41 Å². The third-order valence-electron chi connectivity index (χ3n) is 4.42. The Labute approximate surface area is 146 Å². The number of nitrogens with zero attached hydrogens (tertiary/aromatic N) is 1. The number of halogens is 3. The Morgan fingerprint density at radius 1 is 1.12 bits per heavy atom. The number of nitro groups is 1. The van der Waals surface area contributed by atoms with Crippen molar-refractivity contribution in [2.75, 3.05) is 13.7 Å². The third-order valence-corrected chi connectivity index (χ3v) is 4.42. The molecule has 0 bridgehead atoms. The van der Waals surface area contributed by atoms with Crippen LogP contribution in [0.2, 0.25) is 0 Å². The van der Waals surface area contributed by atoms with Gasteiger partial charge in [-0.2, -0.15) is 13.2 Å². The number of nitrogens with one attached hydrogen (secondary N) is 1.